The summed E-state index contributed by atoms with van der Waals surface area (Å²) in [5, 5.41) is 73.2. The van der Waals surface area contributed by atoms with Crippen LogP contribution in [0.1, 0.15) is 47.0 Å². The second-order valence-electron chi connectivity index (χ2n) is 13.7. The number of aliphatic hydroxyl groups is 6. The fourth-order valence-electron chi connectivity index (χ4n) is 6.09. The minimum Gasteiger partial charge on any atom is -0.394 e. The van der Waals surface area contributed by atoms with Crippen LogP contribution in [0.3, 0.4) is 0 Å². The smallest absolute Gasteiger partial charge is 0.252 e. The van der Waals surface area contributed by atoms with Gasteiger partial charge in [0.1, 0.15) is 36.4 Å². The lowest BCUT2D eigenvalue weighted by Crippen LogP contribution is -2.61. The van der Waals surface area contributed by atoms with E-state index in [1.165, 1.54) is 20.8 Å². The standard InChI is InChI=1S/C37H55N7O11/c1-5-44-25-12-7-6-10-22(25)23-16-21(13-14-26(23)44)40-34(52)24(11-8-9-15-38)41-28(48)17-39-35(53)30(20(4)46)43-36(54)29(19(2)3)42-37(55)33(51)32(50)31(49)27(47)18-45/h6-7,10,12-14,16,19-20,24,27,29-33,45-47,49-51H,5,8-9,11,15,17-18,38H2,1-4H3,(H,39,53)(H,40,52)(H,41,48)(H,42,55)(H,43,54)/t20-,24+,27-,29+,30+,31-,32+,33-/m1/s1. The zero-order valence-electron chi connectivity index (χ0n) is 31.4. The molecule has 0 unspecified atom stereocenters. The van der Waals surface area contributed by atoms with Crippen molar-refractivity contribution in [1.29, 1.82) is 0 Å². The van der Waals surface area contributed by atoms with Crippen LogP contribution in [0, 0.1) is 5.92 Å². The Bertz CT molecular complexity index is 1780. The highest BCUT2D eigenvalue weighted by molar-refractivity contribution is 6.10. The van der Waals surface area contributed by atoms with Gasteiger partial charge in [-0.1, -0.05) is 32.0 Å². The molecule has 13 N–H and O–H groups in total. The van der Waals surface area contributed by atoms with Crippen LogP contribution in [-0.2, 0) is 30.5 Å². The molecule has 0 aliphatic rings. The van der Waals surface area contributed by atoms with Crippen molar-refractivity contribution in [3.8, 4) is 0 Å². The van der Waals surface area contributed by atoms with Gasteiger partial charge in [-0.15, -0.1) is 0 Å². The van der Waals surface area contributed by atoms with E-state index in [0.717, 1.165) is 28.4 Å². The summed E-state index contributed by atoms with van der Waals surface area (Å²) in [5.74, 6) is -5.12. The van der Waals surface area contributed by atoms with Gasteiger partial charge in [-0.2, -0.15) is 0 Å². The van der Waals surface area contributed by atoms with Gasteiger partial charge >= 0.3 is 0 Å². The molecule has 5 amide bonds. The van der Waals surface area contributed by atoms with Gasteiger partial charge in [0.25, 0.3) is 5.91 Å². The van der Waals surface area contributed by atoms with Gasteiger partial charge in [-0.3, -0.25) is 24.0 Å². The summed E-state index contributed by atoms with van der Waals surface area (Å²) in [6.07, 6.45) is -8.62. The number of carbonyl (C=O) groups excluding carboxylic acids is 5. The fourth-order valence-corrected chi connectivity index (χ4v) is 6.09. The van der Waals surface area contributed by atoms with Crippen LogP contribution < -0.4 is 32.3 Å². The molecule has 0 aliphatic carbocycles. The Kier molecular flexibility index (Phi) is 16.9. The van der Waals surface area contributed by atoms with E-state index in [0.29, 0.717) is 25.1 Å². The number of fused-ring (bicyclic) bond motifs is 3. The highest BCUT2D eigenvalue weighted by Gasteiger charge is 2.37. The number of aromatic nitrogens is 1. The van der Waals surface area contributed by atoms with Crippen molar-refractivity contribution in [2.75, 3.05) is 25.0 Å². The maximum absolute atomic E-state index is 13.5. The van der Waals surface area contributed by atoms with E-state index in [9.17, 15) is 49.5 Å². The van der Waals surface area contributed by atoms with Crippen molar-refractivity contribution in [1.82, 2.24) is 25.8 Å². The summed E-state index contributed by atoms with van der Waals surface area (Å²) >= 11 is 0. The molecule has 18 nitrogen and oxygen atoms in total. The number of nitrogens with zero attached hydrogens (tertiary/aromatic N) is 1. The SMILES string of the molecule is CCn1c2ccccc2c2cc(NC(=O)[C@H](CCCCN)NC(=O)CNC(=O)[C@@H](NC(=O)[C@@H](NC(=O)[C@H](O)[C@@H](O)[C@H](O)[C@H](O)CO)C(C)C)[C@@H](C)O)ccc21. The first-order valence-electron chi connectivity index (χ1n) is 18.3. The molecule has 55 heavy (non-hydrogen) atoms. The third-order valence-corrected chi connectivity index (χ3v) is 9.21. The Labute approximate surface area is 318 Å². The summed E-state index contributed by atoms with van der Waals surface area (Å²) in [4.78, 5) is 65.4. The van der Waals surface area contributed by atoms with Crippen molar-refractivity contribution in [2.24, 2.45) is 11.7 Å². The molecule has 0 fully saturated rings. The van der Waals surface area contributed by atoms with Gasteiger partial charge in [-0.05, 0) is 69.8 Å². The quantitative estimate of drug-likeness (QED) is 0.0520. The van der Waals surface area contributed by atoms with Crippen LogP contribution in [0.15, 0.2) is 42.5 Å². The zero-order valence-corrected chi connectivity index (χ0v) is 31.4. The molecule has 3 rings (SSSR count). The Morgan fingerprint density at radius 2 is 1.42 bits per heavy atom. The lowest BCUT2D eigenvalue weighted by Gasteiger charge is -2.29. The fraction of sp³-hybridized carbons (Fsp3) is 0.541. The summed E-state index contributed by atoms with van der Waals surface area (Å²) in [5.41, 5.74) is 8.25. The number of hydrogen-bond donors (Lipinski definition) is 12. The first kappa shape index (κ1) is 44.7. The van der Waals surface area contributed by atoms with E-state index in [-0.39, 0.29) is 6.42 Å². The minimum atomic E-state index is -2.32. The average Bonchev–Trinajstić information content (AvgIpc) is 3.48. The molecule has 1 heterocycles. The number of amides is 5. The van der Waals surface area contributed by atoms with Crippen molar-refractivity contribution >= 4 is 57.0 Å². The number of nitrogens with two attached hydrogens (primary N) is 1. The number of unbranched alkanes of at least 4 members (excludes halogenated alkanes) is 1. The average molecular weight is 774 g/mol. The normalized spacial score (nSPS) is 16.0. The number of para-hydroxylation sites is 1. The Hall–Kier alpha value is -4.69. The van der Waals surface area contributed by atoms with Crippen LogP contribution in [0.25, 0.3) is 21.8 Å². The summed E-state index contributed by atoms with van der Waals surface area (Å²) in [6.45, 7) is 5.83. The van der Waals surface area contributed by atoms with Crippen LogP contribution in [-0.4, -0.2) is 133 Å². The first-order chi connectivity index (χ1) is 26.1. The second-order valence-corrected chi connectivity index (χ2v) is 13.7. The maximum Gasteiger partial charge on any atom is 0.252 e. The van der Waals surface area contributed by atoms with Gasteiger partial charge in [0.05, 0.1) is 19.3 Å². The van der Waals surface area contributed by atoms with E-state index in [4.69, 9.17) is 10.8 Å². The van der Waals surface area contributed by atoms with Crippen molar-refractivity contribution in [2.45, 2.75) is 102 Å². The van der Waals surface area contributed by atoms with Crippen molar-refractivity contribution < 1.29 is 54.6 Å². The number of anilines is 1. The number of nitrogens with one attached hydrogen (secondary N) is 5. The molecule has 0 aliphatic heterocycles. The monoisotopic (exact) mass is 773 g/mol. The van der Waals surface area contributed by atoms with Crippen molar-refractivity contribution in [3.63, 3.8) is 0 Å². The second kappa shape index (κ2) is 20.8. The number of rotatable bonds is 21. The van der Waals surface area contributed by atoms with Crippen LogP contribution in [0.5, 0.6) is 0 Å². The molecule has 0 saturated carbocycles. The van der Waals surface area contributed by atoms with E-state index in [2.05, 4.69) is 38.1 Å². The van der Waals surface area contributed by atoms with Gasteiger partial charge in [0.2, 0.25) is 23.6 Å². The lowest BCUT2D eigenvalue weighted by atomic mass is 9.99. The van der Waals surface area contributed by atoms with Gasteiger partial charge in [0.15, 0.2) is 6.10 Å². The van der Waals surface area contributed by atoms with Crippen LogP contribution in [0.2, 0.25) is 0 Å². The number of hydrogen-bond acceptors (Lipinski definition) is 12. The van der Waals surface area contributed by atoms with E-state index in [1.54, 1.807) is 6.07 Å². The number of benzene rings is 2. The van der Waals surface area contributed by atoms with E-state index >= 15 is 0 Å². The third kappa shape index (κ3) is 11.7. The predicted molar refractivity (Wildman–Crippen MR) is 203 cm³/mol. The highest BCUT2D eigenvalue weighted by Crippen LogP contribution is 2.31. The maximum atomic E-state index is 13.5. The van der Waals surface area contributed by atoms with E-state index in [1.807, 2.05) is 36.4 Å². The topological polar surface area (TPSA) is 298 Å². The molecule has 3 aromatic rings. The molecular weight excluding hydrogens is 718 g/mol. The summed E-state index contributed by atoms with van der Waals surface area (Å²) < 4.78 is 2.18. The van der Waals surface area contributed by atoms with Gasteiger partial charge in [0, 0.05) is 34.0 Å². The molecule has 304 valence electrons. The third-order valence-electron chi connectivity index (χ3n) is 9.21. The molecule has 0 spiro atoms. The Balaban J connectivity index is 1.65. The zero-order chi connectivity index (χ0) is 41.0. The summed E-state index contributed by atoms with van der Waals surface area (Å²) in [7, 11) is 0. The molecule has 1 aromatic heterocycles. The van der Waals surface area contributed by atoms with Crippen LogP contribution >= 0.6 is 0 Å². The number of aryl methyl sites for hydroxylation is 1. The Morgan fingerprint density at radius 1 is 0.764 bits per heavy atom. The highest BCUT2D eigenvalue weighted by atomic mass is 16.4. The van der Waals surface area contributed by atoms with Gasteiger partial charge < -0.3 is 67.5 Å². The van der Waals surface area contributed by atoms with Crippen molar-refractivity contribution in [3.05, 3.63) is 42.5 Å². The van der Waals surface area contributed by atoms with Crippen LogP contribution in [0.4, 0.5) is 5.69 Å². The summed E-state index contributed by atoms with van der Waals surface area (Å²) in [6, 6.07) is 9.49. The molecule has 2 aromatic carbocycles. The first-order valence-corrected chi connectivity index (χ1v) is 18.3. The Morgan fingerprint density at radius 3 is 2.04 bits per heavy atom. The molecule has 0 saturated heterocycles. The number of aliphatic hydroxyl groups excluding tert-OH is 6. The minimum absolute atomic E-state index is 0.251. The molecule has 0 radical (unpaired) electrons. The lowest BCUT2D eigenvalue weighted by molar-refractivity contribution is -0.151. The predicted octanol–water partition coefficient (Wildman–Crippen LogP) is -2.07. The molecular formula is C37H55N7O11. The van der Waals surface area contributed by atoms with E-state index < -0.39 is 97.3 Å². The molecule has 0 bridgehead atoms. The molecule has 8 atom stereocenters. The van der Waals surface area contributed by atoms with Gasteiger partial charge in [-0.25, -0.2) is 0 Å². The largest absolute Gasteiger partial charge is 0.394 e. The number of carbonyl (C=O) groups is 5. The molecule has 18 heteroatoms.